The van der Waals surface area contributed by atoms with Crippen LogP contribution in [0.25, 0.3) is 0 Å². The summed E-state index contributed by atoms with van der Waals surface area (Å²) in [5.74, 6) is -0.306. The molecule has 4 nitrogen and oxygen atoms in total. The van der Waals surface area contributed by atoms with E-state index in [1.54, 1.807) is 18.2 Å². The molecule has 20 heavy (non-hydrogen) atoms. The van der Waals surface area contributed by atoms with Gasteiger partial charge in [-0.05, 0) is 12.1 Å². The van der Waals surface area contributed by atoms with Crippen molar-refractivity contribution in [3.8, 4) is 0 Å². The van der Waals surface area contributed by atoms with Gasteiger partial charge in [-0.25, -0.2) is 0 Å². The molecule has 0 unspecified atom stereocenters. The lowest BCUT2D eigenvalue weighted by atomic mass is 10.1. The van der Waals surface area contributed by atoms with Gasteiger partial charge in [-0.15, -0.1) is 0 Å². The van der Waals surface area contributed by atoms with Crippen LogP contribution in [0.4, 0.5) is 0 Å². The Morgan fingerprint density at radius 1 is 1.30 bits per heavy atom. The number of amides is 1. The second-order valence-electron chi connectivity index (χ2n) is 5.62. The number of benzene rings is 1. The second-order valence-corrected chi connectivity index (χ2v) is 11.5. The van der Waals surface area contributed by atoms with Crippen molar-refractivity contribution in [1.29, 1.82) is 0 Å². The number of carbonyl (C=O) groups is 2. The molecule has 1 rings (SSSR count). The van der Waals surface area contributed by atoms with Crippen molar-refractivity contribution in [3.05, 3.63) is 33.8 Å². The summed E-state index contributed by atoms with van der Waals surface area (Å²) in [4.78, 5) is 23.2. The highest BCUT2D eigenvalue weighted by Crippen LogP contribution is 2.21. The first-order valence-corrected chi connectivity index (χ1v) is 10.6. The Bertz CT molecular complexity index is 526. The van der Waals surface area contributed by atoms with Crippen LogP contribution in [0.1, 0.15) is 22.8 Å². The van der Waals surface area contributed by atoms with Crippen molar-refractivity contribution in [1.82, 2.24) is 4.57 Å². The van der Waals surface area contributed by atoms with Gasteiger partial charge in [-0.2, -0.15) is 0 Å². The Labute approximate surface area is 129 Å². The molecule has 0 aromatic heterocycles. The third-order valence-electron chi connectivity index (χ3n) is 3.04. The molecule has 0 aliphatic heterocycles. The number of ether oxygens (including phenoxy) is 1. The van der Waals surface area contributed by atoms with E-state index in [1.165, 1.54) is 6.92 Å². The normalized spacial score (nSPS) is 11.1. The van der Waals surface area contributed by atoms with Crippen LogP contribution in [0.2, 0.25) is 19.6 Å². The monoisotopic (exact) mass is 357 g/mol. The largest absolute Gasteiger partial charge is 0.461 e. The van der Waals surface area contributed by atoms with E-state index in [2.05, 4.69) is 35.6 Å². The molecule has 0 aliphatic rings. The summed E-state index contributed by atoms with van der Waals surface area (Å²) in [6, 6.07) is 5.35. The van der Waals surface area contributed by atoms with Crippen LogP contribution in [0.15, 0.2) is 22.7 Å². The number of halogens is 1. The molecule has 0 radical (unpaired) electrons. The van der Waals surface area contributed by atoms with Gasteiger partial charge < -0.3 is 9.30 Å². The van der Waals surface area contributed by atoms with Gasteiger partial charge in [0, 0.05) is 29.6 Å². The third kappa shape index (κ3) is 4.45. The first kappa shape index (κ1) is 16.9. The summed E-state index contributed by atoms with van der Waals surface area (Å²) in [5.41, 5.74) is 1.47. The molecule has 0 aliphatic carbocycles. The summed E-state index contributed by atoms with van der Waals surface area (Å²) < 4.78 is 7.56. The van der Waals surface area contributed by atoms with Gasteiger partial charge in [-0.1, -0.05) is 41.6 Å². The van der Waals surface area contributed by atoms with Gasteiger partial charge in [-0.3, -0.25) is 9.59 Å². The van der Waals surface area contributed by atoms with E-state index in [0.29, 0.717) is 5.56 Å². The Hall–Kier alpha value is -1.14. The average Bonchev–Trinajstić information content (AvgIpc) is 2.34. The lowest BCUT2D eigenvalue weighted by molar-refractivity contribution is -0.142. The van der Waals surface area contributed by atoms with E-state index in [4.69, 9.17) is 4.74 Å². The minimum atomic E-state index is -1.67. The van der Waals surface area contributed by atoms with Crippen molar-refractivity contribution in [3.63, 3.8) is 0 Å². The molecule has 0 atom stereocenters. The molecule has 0 N–H and O–H groups in total. The lowest BCUT2D eigenvalue weighted by Gasteiger charge is -2.30. The molecule has 1 aromatic rings. The topological polar surface area (TPSA) is 46.6 Å². The molecule has 110 valence electrons. The standard InChI is InChI=1S/C14H20BrNO3Si/c1-10(17)19-9-12-7-6-11(8-13(12)15)14(18)16(2)20(3,4)5/h6-8H,9H2,1-5H3. The van der Waals surface area contributed by atoms with Gasteiger partial charge >= 0.3 is 5.97 Å². The molecular formula is C14H20BrNO3Si. The van der Waals surface area contributed by atoms with E-state index in [-0.39, 0.29) is 18.5 Å². The van der Waals surface area contributed by atoms with Crippen LogP contribution in [-0.4, -0.2) is 31.7 Å². The Morgan fingerprint density at radius 2 is 1.90 bits per heavy atom. The molecule has 0 saturated heterocycles. The zero-order valence-corrected chi connectivity index (χ0v) is 15.1. The third-order valence-corrected chi connectivity index (χ3v) is 6.00. The van der Waals surface area contributed by atoms with Crippen LogP contribution in [0.5, 0.6) is 0 Å². The van der Waals surface area contributed by atoms with Gasteiger partial charge in [0.25, 0.3) is 0 Å². The van der Waals surface area contributed by atoms with E-state index >= 15 is 0 Å². The Morgan fingerprint density at radius 3 is 2.35 bits per heavy atom. The maximum atomic E-state index is 12.4. The number of hydrogen-bond acceptors (Lipinski definition) is 3. The van der Waals surface area contributed by atoms with Gasteiger partial charge in [0.2, 0.25) is 5.91 Å². The number of hydrogen-bond donors (Lipinski definition) is 0. The summed E-state index contributed by atoms with van der Waals surface area (Å²) in [7, 11) is 0.174. The smallest absolute Gasteiger partial charge is 0.302 e. The molecule has 1 aromatic carbocycles. The Balaban J connectivity index is 2.92. The van der Waals surface area contributed by atoms with Gasteiger partial charge in [0.1, 0.15) is 6.61 Å². The fourth-order valence-electron chi connectivity index (χ4n) is 1.48. The maximum absolute atomic E-state index is 12.4. The quantitative estimate of drug-likeness (QED) is 0.612. The minimum absolute atomic E-state index is 0.0175. The molecular weight excluding hydrogens is 338 g/mol. The highest BCUT2D eigenvalue weighted by molar-refractivity contribution is 9.10. The van der Waals surface area contributed by atoms with E-state index in [1.807, 2.05) is 11.6 Å². The van der Waals surface area contributed by atoms with Gasteiger partial charge in [0.15, 0.2) is 8.24 Å². The van der Waals surface area contributed by atoms with E-state index in [0.717, 1.165) is 10.0 Å². The SMILES string of the molecule is CC(=O)OCc1ccc(C(=O)N(C)[Si](C)(C)C)cc1Br. The number of esters is 1. The molecule has 0 heterocycles. The van der Waals surface area contributed by atoms with E-state index < -0.39 is 8.24 Å². The molecule has 0 saturated carbocycles. The van der Waals surface area contributed by atoms with Crippen LogP contribution >= 0.6 is 15.9 Å². The van der Waals surface area contributed by atoms with Crippen molar-refractivity contribution in [2.24, 2.45) is 0 Å². The van der Waals surface area contributed by atoms with E-state index in [9.17, 15) is 9.59 Å². The molecule has 6 heteroatoms. The summed E-state index contributed by atoms with van der Waals surface area (Å²) in [6.07, 6.45) is 0. The van der Waals surface area contributed by atoms with Crippen molar-refractivity contribution < 1.29 is 14.3 Å². The van der Waals surface area contributed by atoms with Crippen LogP contribution in [-0.2, 0) is 16.1 Å². The first-order valence-electron chi connectivity index (χ1n) is 6.33. The highest BCUT2D eigenvalue weighted by Gasteiger charge is 2.25. The Kier molecular flexibility index (Phi) is 5.53. The summed E-state index contributed by atoms with van der Waals surface area (Å²) in [6.45, 7) is 7.93. The van der Waals surface area contributed by atoms with Crippen molar-refractivity contribution in [2.45, 2.75) is 33.2 Å². The highest BCUT2D eigenvalue weighted by atomic mass is 79.9. The van der Waals surface area contributed by atoms with Crippen LogP contribution < -0.4 is 0 Å². The zero-order chi connectivity index (χ0) is 15.5. The van der Waals surface area contributed by atoms with Crippen molar-refractivity contribution in [2.75, 3.05) is 7.05 Å². The molecule has 0 spiro atoms. The minimum Gasteiger partial charge on any atom is -0.461 e. The number of nitrogens with zero attached hydrogens (tertiary/aromatic N) is 1. The van der Waals surface area contributed by atoms with Crippen LogP contribution in [0.3, 0.4) is 0 Å². The fraction of sp³-hybridized carbons (Fsp3) is 0.429. The average molecular weight is 358 g/mol. The first-order chi connectivity index (χ1) is 9.12. The van der Waals surface area contributed by atoms with Crippen LogP contribution in [0, 0.1) is 0 Å². The number of carbonyl (C=O) groups excluding carboxylic acids is 2. The fourth-order valence-corrected chi connectivity index (χ4v) is 2.71. The molecule has 1 amide bonds. The summed E-state index contributed by atoms with van der Waals surface area (Å²) in [5, 5.41) is 0. The molecule has 0 fully saturated rings. The predicted octanol–water partition coefficient (Wildman–Crippen LogP) is 3.42. The second kappa shape index (κ2) is 6.54. The molecule has 0 bridgehead atoms. The van der Waals surface area contributed by atoms with Gasteiger partial charge in [0.05, 0.1) is 0 Å². The predicted molar refractivity (Wildman–Crippen MR) is 85.1 cm³/mol. The lowest BCUT2D eigenvalue weighted by Crippen LogP contribution is -2.46. The zero-order valence-electron chi connectivity index (χ0n) is 12.5. The number of rotatable bonds is 4. The van der Waals surface area contributed by atoms with Crippen molar-refractivity contribution >= 4 is 36.0 Å². The summed E-state index contributed by atoms with van der Waals surface area (Å²) >= 11 is 3.41. The maximum Gasteiger partial charge on any atom is 0.302 e.